The largest absolute Gasteiger partial charge is 0.462 e. The molecule has 5 heterocycles. The van der Waals surface area contributed by atoms with Gasteiger partial charge in [0.15, 0.2) is 5.82 Å². The van der Waals surface area contributed by atoms with Crippen molar-refractivity contribution in [1.29, 1.82) is 0 Å². The van der Waals surface area contributed by atoms with Gasteiger partial charge in [-0.25, -0.2) is 9.18 Å². The van der Waals surface area contributed by atoms with E-state index in [1.165, 1.54) is 0 Å². The van der Waals surface area contributed by atoms with Crippen LogP contribution in [-0.2, 0) is 9.53 Å². The molecule has 3 aromatic heterocycles. The van der Waals surface area contributed by atoms with Gasteiger partial charge in [0.2, 0.25) is 0 Å². The average Bonchev–Trinajstić information content (AvgIpc) is 3.50. The quantitative estimate of drug-likeness (QED) is 0.312. The number of fused-ring (bicyclic) bond motifs is 4. The van der Waals surface area contributed by atoms with Gasteiger partial charge in [0.1, 0.15) is 35.5 Å². The Labute approximate surface area is 247 Å². The lowest BCUT2D eigenvalue weighted by atomic mass is 10.00. The SMILES string of the molecule is Cc1ccc2[nH]ncc2c1-c1ncc2c(N3CC4CCC(C3)N4C(=O)OC(C)(C)C)nc(OCC3(C=O)CC3)nc2c1F. The van der Waals surface area contributed by atoms with E-state index in [2.05, 4.69) is 25.1 Å². The van der Waals surface area contributed by atoms with Crippen molar-refractivity contribution in [2.75, 3.05) is 24.6 Å². The van der Waals surface area contributed by atoms with Crippen molar-refractivity contribution in [3.8, 4) is 17.3 Å². The molecule has 2 bridgehead atoms. The van der Waals surface area contributed by atoms with Gasteiger partial charge in [-0.05, 0) is 65.0 Å². The summed E-state index contributed by atoms with van der Waals surface area (Å²) in [4.78, 5) is 42.4. The molecular formula is C31H34FN7O4. The summed E-state index contributed by atoms with van der Waals surface area (Å²) < 4.78 is 28.2. The standard InChI is InChI=1S/C31H34FN7O4/c1-17-5-8-22-20(12-34-37-22)23(17)26-24(32)25-21(11-33-26)27(36-28(35-25)42-16-31(15-40)9-10-31)38-13-18-6-7-19(14-38)39(18)29(41)43-30(2,3)4/h5,8,11-12,15,18-19H,6-7,9-10,13-14,16H2,1-4H3,(H,34,37). The predicted molar refractivity (Wildman–Crippen MR) is 157 cm³/mol. The first-order valence-electron chi connectivity index (χ1n) is 14.7. The Morgan fingerprint density at radius 3 is 2.56 bits per heavy atom. The molecule has 12 heteroatoms. The molecule has 0 spiro atoms. The highest BCUT2D eigenvalue weighted by Gasteiger charge is 2.46. The van der Waals surface area contributed by atoms with Crippen molar-refractivity contribution in [3.63, 3.8) is 0 Å². The number of carbonyl (C=O) groups is 2. The summed E-state index contributed by atoms with van der Waals surface area (Å²) in [5.74, 6) is -0.0948. The van der Waals surface area contributed by atoms with Crippen LogP contribution in [0.3, 0.4) is 0 Å². The number of aryl methyl sites for hydroxylation is 1. The van der Waals surface area contributed by atoms with Crippen LogP contribution in [0.25, 0.3) is 33.1 Å². The van der Waals surface area contributed by atoms with Crippen molar-refractivity contribution >= 4 is 40.0 Å². The van der Waals surface area contributed by atoms with Crippen LogP contribution in [0.15, 0.2) is 24.5 Å². The number of H-pyrrole nitrogens is 1. The molecule has 1 aromatic carbocycles. The van der Waals surface area contributed by atoms with E-state index in [1.54, 1.807) is 12.4 Å². The van der Waals surface area contributed by atoms with Crippen LogP contribution in [0.2, 0.25) is 0 Å². The second-order valence-corrected chi connectivity index (χ2v) is 13.0. The Morgan fingerprint density at radius 2 is 1.88 bits per heavy atom. The van der Waals surface area contributed by atoms with Crippen LogP contribution < -0.4 is 9.64 Å². The molecule has 2 aliphatic heterocycles. The number of piperazine rings is 1. The highest BCUT2D eigenvalue weighted by atomic mass is 19.1. The maximum Gasteiger partial charge on any atom is 0.410 e. The van der Waals surface area contributed by atoms with Crippen molar-refractivity contribution in [2.45, 2.75) is 71.1 Å². The lowest BCUT2D eigenvalue weighted by Gasteiger charge is -2.42. The molecule has 1 N–H and O–H groups in total. The number of aromatic nitrogens is 5. The molecule has 7 rings (SSSR count). The highest BCUT2D eigenvalue weighted by Crippen LogP contribution is 2.44. The van der Waals surface area contributed by atoms with Gasteiger partial charge < -0.3 is 19.2 Å². The first-order valence-corrected chi connectivity index (χ1v) is 14.7. The minimum Gasteiger partial charge on any atom is -0.462 e. The summed E-state index contributed by atoms with van der Waals surface area (Å²) in [5, 5.41) is 8.28. The Kier molecular flexibility index (Phi) is 6.30. The van der Waals surface area contributed by atoms with Crippen molar-refractivity contribution in [1.82, 2.24) is 30.0 Å². The summed E-state index contributed by atoms with van der Waals surface area (Å²) in [6.07, 6.45) is 7.02. The smallest absolute Gasteiger partial charge is 0.410 e. The fourth-order valence-corrected chi connectivity index (χ4v) is 6.30. The number of amides is 1. The predicted octanol–water partition coefficient (Wildman–Crippen LogP) is 4.96. The molecule has 4 aromatic rings. The number of halogens is 1. The van der Waals surface area contributed by atoms with E-state index < -0.39 is 16.8 Å². The van der Waals surface area contributed by atoms with Crippen LogP contribution in [0.5, 0.6) is 6.01 Å². The average molecular weight is 588 g/mol. The Hall–Kier alpha value is -4.35. The molecule has 1 amide bonds. The van der Waals surface area contributed by atoms with Gasteiger partial charge >= 0.3 is 12.1 Å². The minimum absolute atomic E-state index is 0.00633. The van der Waals surface area contributed by atoms with Gasteiger partial charge in [-0.2, -0.15) is 15.1 Å². The van der Waals surface area contributed by atoms with Gasteiger partial charge in [0.25, 0.3) is 0 Å². The number of aldehydes is 1. The molecule has 2 unspecified atom stereocenters. The normalized spacial score (nSPS) is 21.0. The van der Waals surface area contributed by atoms with E-state index in [0.29, 0.717) is 29.9 Å². The van der Waals surface area contributed by atoms with Crippen LogP contribution in [0, 0.1) is 18.2 Å². The number of benzene rings is 1. The third kappa shape index (κ3) is 4.82. The van der Waals surface area contributed by atoms with E-state index in [-0.39, 0.29) is 42.0 Å². The Balaban J connectivity index is 1.30. The first-order chi connectivity index (χ1) is 20.6. The van der Waals surface area contributed by atoms with Crippen molar-refractivity contribution < 1.29 is 23.5 Å². The molecule has 2 saturated heterocycles. The zero-order valence-corrected chi connectivity index (χ0v) is 24.7. The molecule has 2 atom stereocenters. The fourth-order valence-electron chi connectivity index (χ4n) is 6.30. The number of aromatic amines is 1. The van der Waals surface area contributed by atoms with Gasteiger partial charge in [-0.15, -0.1) is 0 Å². The molecule has 11 nitrogen and oxygen atoms in total. The molecule has 1 aliphatic carbocycles. The number of pyridine rings is 1. The summed E-state index contributed by atoms with van der Waals surface area (Å²) >= 11 is 0. The number of anilines is 1. The van der Waals surface area contributed by atoms with E-state index in [4.69, 9.17) is 14.5 Å². The monoisotopic (exact) mass is 587 g/mol. The summed E-state index contributed by atoms with van der Waals surface area (Å²) in [5.41, 5.74) is 1.38. The number of carbonyl (C=O) groups excluding carboxylic acids is 2. The maximum absolute atomic E-state index is 16.6. The second-order valence-electron chi connectivity index (χ2n) is 13.0. The van der Waals surface area contributed by atoms with E-state index >= 15 is 4.39 Å². The number of hydrogen-bond acceptors (Lipinski definition) is 9. The lowest BCUT2D eigenvalue weighted by Crippen LogP contribution is -2.57. The van der Waals surface area contributed by atoms with Gasteiger partial charge in [-0.1, -0.05) is 6.07 Å². The molecule has 43 heavy (non-hydrogen) atoms. The topological polar surface area (TPSA) is 126 Å². The van der Waals surface area contributed by atoms with E-state index in [9.17, 15) is 9.59 Å². The number of ether oxygens (including phenoxy) is 2. The Morgan fingerprint density at radius 1 is 1.14 bits per heavy atom. The highest BCUT2D eigenvalue weighted by molar-refractivity contribution is 5.98. The summed E-state index contributed by atoms with van der Waals surface area (Å²) in [6, 6.07) is 3.65. The first kappa shape index (κ1) is 27.5. The summed E-state index contributed by atoms with van der Waals surface area (Å²) in [6.45, 7) is 8.61. The number of nitrogens with one attached hydrogen (secondary N) is 1. The molecule has 0 radical (unpaired) electrons. The number of nitrogens with zero attached hydrogens (tertiary/aromatic N) is 6. The fraction of sp³-hybridized carbons (Fsp3) is 0.484. The van der Waals surface area contributed by atoms with Crippen LogP contribution in [0.1, 0.15) is 52.0 Å². The zero-order chi connectivity index (χ0) is 30.1. The van der Waals surface area contributed by atoms with Crippen LogP contribution in [0.4, 0.5) is 15.0 Å². The molecule has 3 aliphatic rings. The van der Waals surface area contributed by atoms with Gasteiger partial charge in [0, 0.05) is 30.2 Å². The van der Waals surface area contributed by atoms with E-state index in [0.717, 1.165) is 48.4 Å². The van der Waals surface area contributed by atoms with Crippen molar-refractivity contribution in [2.24, 2.45) is 5.41 Å². The lowest BCUT2D eigenvalue weighted by molar-refractivity contribution is -0.113. The maximum atomic E-state index is 16.6. The molecule has 3 fully saturated rings. The number of hydrogen-bond donors (Lipinski definition) is 1. The molecule has 224 valence electrons. The third-order valence-corrected chi connectivity index (χ3v) is 8.73. The zero-order valence-electron chi connectivity index (χ0n) is 24.7. The number of rotatable bonds is 6. The molecule has 1 saturated carbocycles. The Bertz CT molecular complexity index is 1750. The summed E-state index contributed by atoms with van der Waals surface area (Å²) in [7, 11) is 0. The molecular weight excluding hydrogens is 553 g/mol. The van der Waals surface area contributed by atoms with E-state index in [1.807, 2.05) is 44.7 Å². The van der Waals surface area contributed by atoms with Gasteiger partial charge in [-0.3, -0.25) is 15.0 Å². The third-order valence-electron chi connectivity index (χ3n) is 8.73. The minimum atomic E-state index is -0.594. The van der Waals surface area contributed by atoms with Crippen LogP contribution in [-0.4, -0.2) is 79.8 Å². The van der Waals surface area contributed by atoms with Crippen LogP contribution >= 0.6 is 0 Å². The second kappa shape index (κ2) is 9.85. The van der Waals surface area contributed by atoms with Gasteiger partial charge in [0.05, 0.1) is 34.6 Å². The van der Waals surface area contributed by atoms with Crippen molar-refractivity contribution in [3.05, 3.63) is 35.9 Å².